The lowest BCUT2D eigenvalue weighted by molar-refractivity contribution is 0.856. The van der Waals surface area contributed by atoms with Gasteiger partial charge in [-0.2, -0.15) is 20.1 Å². The second-order valence-electron chi connectivity index (χ2n) is 5.93. The average molecular weight is 341 g/mol. The minimum atomic E-state index is 0.403. The van der Waals surface area contributed by atoms with Crippen molar-refractivity contribution >= 4 is 22.5 Å². The van der Waals surface area contributed by atoms with Crippen LogP contribution in [-0.4, -0.2) is 25.0 Å². The van der Waals surface area contributed by atoms with Gasteiger partial charge in [-0.3, -0.25) is 0 Å². The van der Waals surface area contributed by atoms with Crippen LogP contribution in [0, 0.1) is 25.2 Å². The highest BCUT2D eigenvalue weighted by Gasteiger charge is 2.15. The summed E-state index contributed by atoms with van der Waals surface area (Å²) in [4.78, 5) is 4.69. The summed E-state index contributed by atoms with van der Waals surface area (Å²) in [6, 6.07) is 15.7. The number of nitrogens with one attached hydrogen (secondary N) is 1. The Hall–Kier alpha value is -3.79. The molecular weight excluding hydrogens is 326 g/mol. The molecule has 0 aliphatic rings. The highest BCUT2D eigenvalue weighted by Crippen LogP contribution is 2.25. The minimum absolute atomic E-state index is 0.403. The maximum absolute atomic E-state index is 9.43. The van der Waals surface area contributed by atoms with Crippen molar-refractivity contribution in [2.45, 2.75) is 13.8 Å². The summed E-state index contributed by atoms with van der Waals surface area (Å²) in [7, 11) is 0. The fourth-order valence-corrected chi connectivity index (χ4v) is 2.75. The molecule has 4 rings (SSSR count). The first kappa shape index (κ1) is 15.7. The molecule has 7 heteroatoms. The third-order valence-electron chi connectivity index (χ3n) is 4.06. The summed E-state index contributed by atoms with van der Waals surface area (Å²) in [6.45, 7) is 3.89. The molecule has 1 N–H and O–H groups in total. The van der Waals surface area contributed by atoms with Crippen molar-refractivity contribution < 1.29 is 0 Å². The summed E-state index contributed by atoms with van der Waals surface area (Å²) < 4.78 is 1.61. The average Bonchev–Trinajstić information content (AvgIpc) is 3.06. The van der Waals surface area contributed by atoms with Gasteiger partial charge in [-0.1, -0.05) is 18.2 Å². The molecule has 0 unspecified atom stereocenters. The SMILES string of the molecule is Cc1ccc(Nc2c(C#N)cnn2-c2cc(C)c3ccccc3n2)nn1. The Bertz CT molecular complexity index is 1140. The number of fused-ring (bicyclic) bond motifs is 1. The number of pyridine rings is 1. The van der Waals surface area contributed by atoms with E-state index >= 15 is 0 Å². The summed E-state index contributed by atoms with van der Waals surface area (Å²) in [5.74, 6) is 1.67. The third kappa shape index (κ3) is 2.74. The van der Waals surface area contributed by atoms with Crippen LogP contribution < -0.4 is 5.32 Å². The maximum atomic E-state index is 9.43. The van der Waals surface area contributed by atoms with Crippen LogP contribution in [0.3, 0.4) is 0 Å². The zero-order valence-electron chi connectivity index (χ0n) is 14.3. The number of para-hydroxylation sites is 1. The Balaban J connectivity index is 1.84. The fourth-order valence-electron chi connectivity index (χ4n) is 2.75. The van der Waals surface area contributed by atoms with E-state index in [2.05, 4.69) is 31.7 Å². The molecule has 126 valence electrons. The molecule has 0 spiro atoms. The van der Waals surface area contributed by atoms with E-state index in [0.717, 1.165) is 22.2 Å². The second kappa shape index (κ2) is 6.26. The van der Waals surface area contributed by atoms with Gasteiger partial charge in [0.15, 0.2) is 17.5 Å². The molecule has 0 bridgehead atoms. The zero-order chi connectivity index (χ0) is 18.1. The van der Waals surface area contributed by atoms with Crippen LogP contribution in [0.4, 0.5) is 11.6 Å². The third-order valence-corrected chi connectivity index (χ3v) is 4.06. The number of rotatable bonds is 3. The first-order valence-electron chi connectivity index (χ1n) is 8.08. The molecule has 0 atom stereocenters. The molecule has 0 aliphatic heterocycles. The van der Waals surface area contributed by atoms with Crippen LogP contribution >= 0.6 is 0 Å². The van der Waals surface area contributed by atoms with Gasteiger partial charge in [0.1, 0.15) is 11.6 Å². The molecule has 0 saturated heterocycles. The predicted molar refractivity (Wildman–Crippen MR) is 98.4 cm³/mol. The van der Waals surface area contributed by atoms with E-state index in [1.807, 2.05) is 50.2 Å². The van der Waals surface area contributed by atoms with E-state index in [9.17, 15) is 5.26 Å². The molecular formula is C19H15N7. The van der Waals surface area contributed by atoms with Crippen molar-refractivity contribution in [1.29, 1.82) is 5.26 Å². The van der Waals surface area contributed by atoms with Crippen molar-refractivity contribution in [3.8, 4) is 11.9 Å². The molecule has 7 nitrogen and oxygen atoms in total. The van der Waals surface area contributed by atoms with Gasteiger partial charge in [0.2, 0.25) is 0 Å². The lowest BCUT2D eigenvalue weighted by Gasteiger charge is -2.11. The molecule has 0 amide bonds. The zero-order valence-corrected chi connectivity index (χ0v) is 14.3. The van der Waals surface area contributed by atoms with Crippen LogP contribution in [0.25, 0.3) is 16.7 Å². The van der Waals surface area contributed by atoms with Crippen molar-refractivity contribution in [1.82, 2.24) is 25.0 Å². The Kier molecular flexibility index (Phi) is 3.78. The van der Waals surface area contributed by atoms with Gasteiger partial charge in [-0.05, 0) is 43.7 Å². The Labute approximate surface area is 149 Å². The van der Waals surface area contributed by atoms with Gasteiger partial charge in [-0.25, -0.2) is 4.98 Å². The van der Waals surface area contributed by atoms with Crippen LogP contribution in [-0.2, 0) is 0 Å². The maximum Gasteiger partial charge on any atom is 0.156 e. The first-order chi connectivity index (χ1) is 12.7. The van der Waals surface area contributed by atoms with E-state index in [-0.39, 0.29) is 0 Å². The molecule has 0 aliphatic carbocycles. The van der Waals surface area contributed by atoms with E-state index in [1.165, 1.54) is 6.20 Å². The van der Waals surface area contributed by atoms with Crippen LogP contribution in [0.2, 0.25) is 0 Å². The lowest BCUT2D eigenvalue weighted by atomic mass is 10.1. The Morgan fingerprint density at radius 1 is 1.08 bits per heavy atom. The summed E-state index contributed by atoms with van der Waals surface area (Å²) in [6.07, 6.45) is 1.51. The van der Waals surface area contributed by atoms with E-state index in [0.29, 0.717) is 23.0 Å². The van der Waals surface area contributed by atoms with Crippen molar-refractivity contribution in [2.75, 3.05) is 5.32 Å². The summed E-state index contributed by atoms with van der Waals surface area (Å²) >= 11 is 0. The predicted octanol–water partition coefficient (Wildman–Crippen LogP) is 3.44. The number of aryl methyl sites for hydroxylation is 2. The van der Waals surface area contributed by atoms with Gasteiger partial charge in [-0.15, -0.1) is 5.10 Å². The van der Waals surface area contributed by atoms with Gasteiger partial charge in [0.25, 0.3) is 0 Å². The van der Waals surface area contributed by atoms with Crippen molar-refractivity contribution in [3.05, 3.63) is 65.5 Å². The molecule has 3 aromatic heterocycles. The van der Waals surface area contributed by atoms with Gasteiger partial charge in [0, 0.05) is 5.39 Å². The minimum Gasteiger partial charge on any atom is -0.322 e. The molecule has 3 heterocycles. The highest BCUT2D eigenvalue weighted by atomic mass is 15.4. The topological polar surface area (TPSA) is 92.3 Å². The second-order valence-corrected chi connectivity index (χ2v) is 5.93. The fraction of sp³-hybridized carbons (Fsp3) is 0.105. The van der Waals surface area contributed by atoms with Crippen LogP contribution in [0.15, 0.2) is 48.7 Å². The van der Waals surface area contributed by atoms with Gasteiger partial charge >= 0.3 is 0 Å². The summed E-state index contributed by atoms with van der Waals surface area (Å²) in [5, 5.41) is 26.1. The monoisotopic (exact) mass is 341 g/mol. The smallest absolute Gasteiger partial charge is 0.156 e. The van der Waals surface area contributed by atoms with Gasteiger partial charge < -0.3 is 5.32 Å². The number of hydrogen-bond acceptors (Lipinski definition) is 6. The molecule has 26 heavy (non-hydrogen) atoms. The van der Waals surface area contributed by atoms with Crippen molar-refractivity contribution in [2.24, 2.45) is 0 Å². The van der Waals surface area contributed by atoms with Crippen LogP contribution in [0.1, 0.15) is 16.8 Å². The normalized spacial score (nSPS) is 10.7. The number of anilines is 2. The molecule has 0 saturated carbocycles. The van der Waals surface area contributed by atoms with Gasteiger partial charge in [0.05, 0.1) is 17.4 Å². The quantitative estimate of drug-likeness (QED) is 0.613. The Morgan fingerprint density at radius 2 is 1.92 bits per heavy atom. The van der Waals surface area contributed by atoms with E-state index < -0.39 is 0 Å². The standard InChI is InChI=1S/C19H15N7/c1-12-9-18(22-16-6-4-3-5-15(12)16)26-19(14(10-20)11-21-26)23-17-8-7-13(2)24-25-17/h3-9,11H,1-2H3,(H,23,25). The number of hydrogen-bond donors (Lipinski definition) is 1. The molecule has 1 aromatic carbocycles. The molecule has 4 aromatic rings. The Morgan fingerprint density at radius 3 is 2.69 bits per heavy atom. The van der Waals surface area contributed by atoms with Crippen LogP contribution in [0.5, 0.6) is 0 Å². The number of aromatic nitrogens is 5. The lowest BCUT2D eigenvalue weighted by Crippen LogP contribution is -2.07. The summed E-state index contributed by atoms with van der Waals surface area (Å²) in [5.41, 5.74) is 3.18. The number of benzene rings is 1. The number of nitrogens with zero attached hydrogens (tertiary/aromatic N) is 6. The molecule has 0 fully saturated rings. The van der Waals surface area contributed by atoms with E-state index in [4.69, 9.17) is 0 Å². The van der Waals surface area contributed by atoms with Crippen molar-refractivity contribution in [3.63, 3.8) is 0 Å². The largest absolute Gasteiger partial charge is 0.322 e. The molecule has 0 radical (unpaired) electrons. The number of nitriles is 1. The first-order valence-corrected chi connectivity index (χ1v) is 8.08. The van der Waals surface area contributed by atoms with E-state index in [1.54, 1.807) is 10.7 Å². The highest BCUT2D eigenvalue weighted by molar-refractivity contribution is 5.83.